The second-order valence-electron chi connectivity index (χ2n) is 5.24. The van der Waals surface area contributed by atoms with Crippen molar-refractivity contribution >= 4 is 17.5 Å². The molecule has 0 saturated carbocycles. The Labute approximate surface area is 134 Å². The number of aryl methyl sites for hydroxylation is 1. The summed E-state index contributed by atoms with van der Waals surface area (Å²) in [6, 6.07) is 2.40. The summed E-state index contributed by atoms with van der Waals surface area (Å²) in [5.41, 5.74) is -1.09. The van der Waals surface area contributed by atoms with Crippen LogP contribution < -0.4 is 5.32 Å². The Morgan fingerprint density at radius 2 is 2.13 bits per heavy atom. The minimum atomic E-state index is -4.56. The zero-order valence-corrected chi connectivity index (χ0v) is 12.5. The van der Waals surface area contributed by atoms with Crippen LogP contribution in [0, 0.1) is 0 Å². The Morgan fingerprint density at radius 1 is 1.35 bits per heavy atom. The van der Waals surface area contributed by atoms with E-state index in [4.69, 9.17) is 11.6 Å². The molecule has 0 fully saturated rings. The van der Waals surface area contributed by atoms with Crippen LogP contribution in [0.1, 0.15) is 40.6 Å². The molecular weight excluding hydrogens is 333 g/mol. The molecule has 2 heterocycles. The molecule has 2 aromatic rings. The average molecular weight is 345 g/mol. The van der Waals surface area contributed by atoms with E-state index in [2.05, 4.69) is 15.4 Å². The van der Waals surface area contributed by atoms with Gasteiger partial charge in [-0.1, -0.05) is 11.6 Å². The van der Waals surface area contributed by atoms with Gasteiger partial charge in [0.2, 0.25) is 0 Å². The van der Waals surface area contributed by atoms with Gasteiger partial charge in [0.15, 0.2) is 0 Å². The van der Waals surface area contributed by atoms with Crippen LogP contribution in [0.15, 0.2) is 24.5 Å². The van der Waals surface area contributed by atoms with Crippen LogP contribution in [0.25, 0.3) is 0 Å². The molecule has 0 aliphatic carbocycles. The van der Waals surface area contributed by atoms with Crippen LogP contribution in [-0.2, 0) is 12.7 Å². The van der Waals surface area contributed by atoms with Crippen LogP contribution in [0.4, 0.5) is 13.2 Å². The highest BCUT2D eigenvalue weighted by Crippen LogP contribution is 2.32. The van der Waals surface area contributed by atoms with E-state index in [1.807, 2.05) is 0 Å². The van der Waals surface area contributed by atoms with Gasteiger partial charge in [0.1, 0.15) is 12.2 Å². The minimum Gasteiger partial charge on any atom is -0.342 e. The van der Waals surface area contributed by atoms with E-state index in [0.29, 0.717) is 18.8 Å². The van der Waals surface area contributed by atoms with E-state index in [1.54, 1.807) is 4.68 Å². The number of amides is 1. The van der Waals surface area contributed by atoms with E-state index in [0.717, 1.165) is 18.6 Å². The van der Waals surface area contributed by atoms with Crippen molar-refractivity contribution in [2.24, 2.45) is 0 Å². The summed E-state index contributed by atoms with van der Waals surface area (Å²) in [7, 11) is 0. The van der Waals surface area contributed by atoms with Crippen molar-refractivity contribution in [3.8, 4) is 0 Å². The molecule has 0 radical (unpaired) electrons. The number of nitrogens with zero attached hydrogens (tertiary/aromatic N) is 3. The molecule has 0 unspecified atom stereocenters. The van der Waals surface area contributed by atoms with Gasteiger partial charge in [-0.2, -0.15) is 18.3 Å². The van der Waals surface area contributed by atoms with Gasteiger partial charge in [0.05, 0.1) is 11.6 Å². The zero-order valence-electron chi connectivity index (χ0n) is 11.8. The first kappa shape index (κ1) is 15.8. The highest BCUT2D eigenvalue weighted by molar-refractivity contribution is 6.31. The Balaban J connectivity index is 1.84. The van der Waals surface area contributed by atoms with Gasteiger partial charge < -0.3 is 5.32 Å². The molecule has 1 aliphatic heterocycles. The van der Waals surface area contributed by atoms with Crippen LogP contribution >= 0.6 is 11.6 Å². The van der Waals surface area contributed by atoms with E-state index < -0.39 is 17.6 Å². The normalized spacial score (nSPS) is 17.7. The predicted molar refractivity (Wildman–Crippen MR) is 75.9 cm³/mol. The van der Waals surface area contributed by atoms with E-state index in [-0.39, 0.29) is 16.6 Å². The Kier molecular flexibility index (Phi) is 4.01. The molecule has 1 aliphatic rings. The maximum Gasteiger partial charge on any atom is 0.416 e. The lowest BCUT2D eigenvalue weighted by molar-refractivity contribution is -0.137. The van der Waals surface area contributed by atoms with Crippen molar-refractivity contribution < 1.29 is 18.0 Å². The average Bonchev–Trinajstić information content (AvgIpc) is 2.95. The number of fused-ring (bicyclic) bond motifs is 1. The fraction of sp³-hybridized carbons (Fsp3) is 0.357. The lowest BCUT2D eigenvalue weighted by atomic mass is 10.1. The maximum atomic E-state index is 12.8. The molecule has 1 atom stereocenters. The van der Waals surface area contributed by atoms with Gasteiger partial charge in [0, 0.05) is 17.1 Å². The third-order valence-corrected chi connectivity index (χ3v) is 3.83. The Bertz CT molecular complexity index is 744. The molecule has 0 bridgehead atoms. The predicted octanol–water partition coefficient (Wildman–Crippen LogP) is 3.22. The molecule has 1 aromatic heterocycles. The van der Waals surface area contributed by atoms with Crippen LogP contribution in [-0.4, -0.2) is 20.7 Å². The molecule has 9 heteroatoms. The number of carbonyl (C=O) groups is 1. The Morgan fingerprint density at radius 3 is 2.87 bits per heavy atom. The lowest BCUT2D eigenvalue weighted by Gasteiger charge is -2.23. The topological polar surface area (TPSA) is 59.8 Å². The largest absolute Gasteiger partial charge is 0.416 e. The zero-order chi connectivity index (χ0) is 16.6. The fourth-order valence-electron chi connectivity index (χ4n) is 2.55. The molecular formula is C14H12ClF3N4O. The van der Waals surface area contributed by atoms with Crippen molar-refractivity contribution in [2.75, 3.05) is 0 Å². The molecule has 1 aromatic carbocycles. The fourth-order valence-corrected chi connectivity index (χ4v) is 2.79. The summed E-state index contributed by atoms with van der Waals surface area (Å²) in [5.74, 6) is -0.0258. The highest BCUT2D eigenvalue weighted by atomic mass is 35.5. The molecule has 3 rings (SSSR count). The van der Waals surface area contributed by atoms with Crippen LogP contribution in [0.3, 0.4) is 0 Å². The van der Waals surface area contributed by atoms with Gasteiger partial charge in [-0.25, -0.2) is 9.67 Å². The summed E-state index contributed by atoms with van der Waals surface area (Å²) in [6.07, 6.45) is -1.73. The maximum absolute atomic E-state index is 12.8. The van der Waals surface area contributed by atoms with Crippen molar-refractivity contribution in [2.45, 2.75) is 31.6 Å². The van der Waals surface area contributed by atoms with Crippen molar-refractivity contribution in [3.63, 3.8) is 0 Å². The summed E-state index contributed by atoms with van der Waals surface area (Å²) >= 11 is 5.70. The standard InChI is InChI=1S/C14H12ClF3N4O/c15-10-5-8(4-9(6-10)14(16,17)18)13(23)21-11-2-1-3-22-12(11)19-7-20-22/h4-7,11H,1-3H2,(H,21,23)/t11-/m1/s1. The molecule has 0 spiro atoms. The number of benzene rings is 1. The van der Waals surface area contributed by atoms with Crippen molar-refractivity contribution in [1.82, 2.24) is 20.1 Å². The minimum absolute atomic E-state index is 0.138. The van der Waals surface area contributed by atoms with Gasteiger partial charge in [0.25, 0.3) is 5.91 Å². The van der Waals surface area contributed by atoms with Gasteiger partial charge in [-0.3, -0.25) is 4.79 Å². The first-order chi connectivity index (χ1) is 10.8. The first-order valence-corrected chi connectivity index (χ1v) is 7.29. The Hall–Kier alpha value is -2.09. The monoisotopic (exact) mass is 344 g/mol. The number of halogens is 4. The van der Waals surface area contributed by atoms with Crippen LogP contribution in [0.5, 0.6) is 0 Å². The molecule has 5 nitrogen and oxygen atoms in total. The second kappa shape index (κ2) is 5.84. The van der Waals surface area contributed by atoms with E-state index in [1.165, 1.54) is 12.4 Å². The number of hydrogen-bond acceptors (Lipinski definition) is 3. The molecule has 122 valence electrons. The lowest BCUT2D eigenvalue weighted by Crippen LogP contribution is -2.33. The summed E-state index contributed by atoms with van der Waals surface area (Å²) in [4.78, 5) is 16.4. The van der Waals surface area contributed by atoms with E-state index >= 15 is 0 Å². The van der Waals surface area contributed by atoms with Gasteiger partial charge >= 0.3 is 6.18 Å². The number of nitrogens with one attached hydrogen (secondary N) is 1. The number of carbonyl (C=O) groups excluding carboxylic acids is 1. The highest BCUT2D eigenvalue weighted by Gasteiger charge is 2.32. The van der Waals surface area contributed by atoms with Crippen LogP contribution in [0.2, 0.25) is 5.02 Å². The second-order valence-corrected chi connectivity index (χ2v) is 5.67. The molecule has 1 N–H and O–H groups in total. The SMILES string of the molecule is O=C(N[C@@H]1CCCn2ncnc21)c1cc(Cl)cc(C(F)(F)F)c1. The van der Waals surface area contributed by atoms with E-state index in [9.17, 15) is 18.0 Å². The smallest absolute Gasteiger partial charge is 0.342 e. The molecule has 23 heavy (non-hydrogen) atoms. The molecule has 0 saturated heterocycles. The third-order valence-electron chi connectivity index (χ3n) is 3.61. The molecule has 1 amide bonds. The summed E-state index contributed by atoms with van der Waals surface area (Å²) in [5, 5.41) is 6.59. The third kappa shape index (κ3) is 3.31. The number of rotatable bonds is 2. The first-order valence-electron chi connectivity index (χ1n) is 6.91. The summed E-state index contributed by atoms with van der Waals surface area (Å²) in [6.45, 7) is 0.705. The quantitative estimate of drug-likeness (QED) is 0.910. The number of hydrogen-bond donors (Lipinski definition) is 1. The number of aromatic nitrogens is 3. The van der Waals surface area contributed by atoms with Gasteiger partial charge in [-0.15, -0.1) is 0 Å². The van der Waals surface area contributed by atoms with Crippen molar-refractivity contribution in [3.05, 3.63) is 46.5 Å². The number of alkyl halides is 3. The summed E-state index contributed by atoms with van der Waals surface area (Å²) < 4.78 is 40.1. The van der Waals surface area contributed by atoms with Gasteiger partial charge in [-0.05, 0) is 31.0 Å². The van der Waals surface area contributed by atoms with Crippen molar-refractivity contribution in [1.29, 1.82) is 0 Å².